The van der Waals surface area contributed by atoms with Gasteiger partial charge in [-0.1, -0.05) is 51.9 Å². The van der Waals surface area contributed by atoms with Crippen LogP contribution in [0.2, 0.25) is 0 Å². The number of carbonyl (C=O) groups is 1. The zero-order valence-electron chi connectivity index (χ0n) is 28.5. The molecule has 0 bridgehead atoms. The molecule has 4 unspecified atom stereocenters. The highest BCUT2D eigenvalue weighted by molar-refractivity contribution is 7.47. The molecule has 1 N–H and O–H groups in total. The molecular weight excluding hydrogens is 619 g/mol. The molecule has 10 heteroatoms. The van der Waals surface area contributed by atoms with Crippen molar-refractivity contribution in [2.24, 2.45) is 10.9 Å². The van der Waals surface area contributed by atoms with Crippen molar-refractivity contribution in [3.05, 3.63) is 78.1 Å². The second-order valence-corrected chi connectivity index (χ2v) is 15.4. The maximum Gasteiger partial charge on any atom is 0.256 e. The van der Waals surface area contributed by atoms with Crippen molar-refractivity contribution in [1.82, 2.24) is 24.1 Å². The number of imidazole rings is 1. The van der Waals surface area contributed by atoms with Crippen molar-refractivity contribution in [3.63, 3.8) is 0 Å². The van der Waals surface area contributed by atoms with Gasteiger partial charge in [0.15, 0.2) is 6.23 Å². The van der Waals surface area contributed by atoms with E-state index in [2.05, 4.69) is 53.2 Å². The van der Waals surface area contributed by atoms with Crippen LogP contribution in [0.4, 0.5) is 5.69 Å². The summed E-state index contributed by atoms with van der Waals surface area (Å²) in [6, 6.07) is 20.3. The highest BCUT2D eigenvalue weighted by Crippen LogP contribution is 2.36. The predicted molar refractivity (Wildman–Crippen MR) is 195 cm³/mol. The number of aliphatic hydroxyl groups excluding tert-OH is 1. The van der Waals surface area contributed by atoms with Gasteiger partial charge in [-0.05, 0) is 69.5 Å². The molecule has 1 amide bonds. The monoisotopic (exact) mass is 666 g/mol. The number of rotatable bonds is 10. The first-order valence-electron chi connectivity index (χ1n) is 17.2. The number of carbonyl (C=O) groups excluding carboxylic acids is 1. The van der Waals surface area contributed by atoms with Crippen LogP contribution in [0.5, 0.6) is 5.75 Å². The highest BCUT2D eigenvalue weighted by atomic mass is 31.1. The minimum Gasteiger partial charge on any atom is -0.496 e. The lowest BCUT2D eigenvalue weighted by molar-refractivity contribution is -0.0492. The summed E-state index contributed by atoms with van der Waals surface area (Å²) in [4.78, 5) is 29.7. The van der Waals surface area contributed by atoms with Crippen LogP contribution < -0.4 is 10.0 Å². The number of hydrogen-bond donors (Lipinski definition) is 1. The zero-order chi connectivity index (χ0) is 33.4. The fraction of sp³-hybridized carbons (Fsp3) is 0.447. The Morgan fingerprint density at radius 1 is 1.04 bits per heavy atom. The molecule has 0 aliphatic carbocycles. The lowest BCUT2D eigenvalue weighted by Crippen LogP contribution is -2.55. The van der Waals surface area contributed by atoms with E-state index in [-0.39, 0.29) is 17.5 Å². The number of aliphatic imine (C=N–C) groups is 1. The fourth-order valence-electron chi connectivity index (χ4n) is 7.80. The molecule has 0 saturated carbocycles. The van der Waals surface area contributed by atoms with Gasteiger partial charge in [0.1, 0.15) is 17.3 Å². The van der Waals surface area contributed by atoms with E-state index in [1.165, 1.54) is 0 Å². The molecule has 4 atom stereocenters. The van der Waals surface area contributed by atoms with E-state index in [1.54, 1.807) is 7.11 Å². The smallest absolute Gasteiger partial charge is 0.256 e. The Morgan fingerprint density at radius 2 is 1.81 bits per heavy atom. The third kappa shape index (κ3) is 6.41. The van der Waals surface area contributed by atoms with E-state index < -0.39 is 6.23 Å². The molecule has 0 spiro atoms. The summed E-state index contributed by atoms with van der Waals surface area (Å²) in [7, 11) is 2.26. The van der Waals surface area contributed by atoms with Crippen molar-refractivity contribution in [2.75, 3.05) is 46.0 Å². The Morgan fingerprint density at radius 3 is 2.58 bits per heavy atom. The molecule has 5 heterocycles. The van der Waals surface area contributed by atoms with Crippen molar-refractivity contribution in [1.29, 1.82) is 0 Å². The van der Waals surface area contributed by atoms with Gasteiger partial charge in [0, 0.05) is 61.5 Å². The average molecular weight is 667 g/mol. The summed E-state index contributed by atoms with van der Waals surface area (Å²) in [5.74, 6) is 2.20. The van der Waals surface area contributed by atoms with Crippen molar-refractivity contribution in [2.45, 2.75) is 57.8 Å². The van der Waals surface area contributed by atoms with Gasteiger partial charge in [-0.25, -0.2) is 4.98 Å². The molecule has 9 nitrogen and oxygen atoms in total. The van der Waals surface area contributed by atoms with Crippen LogP contribution in [0, 0.1) is 5.92 Å². The molecule has 252 valence electrons. The lowest BCUT2D eigenvalue weighted by Gasteiger charge is -2.46. The summed E-state index contributed by atoms with van der Waals surface area (Å²) in [6.45, 7) is 11.2. The molecule has 7 rings (SSSR count). The van der Waals surface area contributed by atoms with E-state index in [0.717, 1.165) is 91.8 Å². The topological polar surface area (TPSA) is 85.9 Å². The number of piperazine rings is 1. The van der Waals surface area contributed by atoms with Crippen molar-refractivity contribution in [3.8, 4) is 17.1 Å². The van der Waals surface area contributed by atoms with E-state index in [1.807, 2.05) is 59.8 Å². The van der Waals surface area contributed by atoms with Gasteiger partial charge in [0.2, 0.25) is 0 Å². The van der Waals surface area contributed by atoms with Gasteiger partial charge >= 0.3 is 0 Å². The number of amides is 1. The van der Waals surface area contributed by atoms with Crippen molar-refractivity contribution >= 4 is 37.2 Å². The third-order valence-electron chi connectivity index (χ3n) is 10.4. The number of methoxy groups -OCH3 is 1. The van der Waals surface area contributed by atoms with Crippen LogP contribution in [-0.4, -0.2) is 98.9 Å². The Bertz CT molecular complexity index is 1800. The van der Waals surface area contributed by atoms with Crippen LogP contribution in [0.25, 0.3) is 16.9 Å². The van der Waals surface area contributed by atoms with E-state index in [0.29, 0.717) is 25.8 Å². The largest absolute Gasteiger partial charge is 0.496 e. The minimum absolute atomic E-state index is 0.0172. The Labute approximate surface area is 285 Å². The second kappa shape index (κ2) is 13.7. The number of aromatic nitrogens is 2. The van der Waals surface area contributed by atoms with Crippen LogP contribution in [0.1, 0.15) is 62.3 Å². The molecule has 2 fully saturated rings. The van der Waals surface area contributed by atoms with Gasteiger partial charge in [0.25, 0.3) is 5.91 Å². The SMILES string of the molecule is COc1cc2c(cc1PCC(C)CC(C)(C)N1CCN(C(O)c3nc(-c4ccccc4)n4ccccc34)CC1)N=CC1CCCN1C2=O. The predicted octanol–water partition coefficient (Wildman–Crippen LogP) is 5.75. The standard InChI is InChI=1S/C38H47N6O3P/c1-26(25-48-33-22-30-29(21-32(33)47-4)36(45)43-16-10-13-28(43)24-39-30)23-38(2,3)42-19-17-41(18-20-42)37(46)34-31-14-8-9-15-44(31)35(40-34)27-11-6-5-7-12-27/h5-9,11-12,14-15,21-22,24,26,28,37,46,48H,10,13,16-20,23,25H2,1-4H3. The zero-order valence-corrected chi connectivity index (χ0v) is 29.5. The summed E-state index contributed by atoms with van der Waals surface area (Å²) < 4.78 is 7.87. The van der Waals surface area contributed by atoms with Crippen LogP contribution in [-0.2, 0) is 0 Å². The van der Waals surface area contributed by atoms with Crippen LogP contribution in [0.15, 0.2) is 71.9 Å². The molecule has 4 aromatic rings. The molecule has 0 radical (unpaired) electrons. The number of hydrogen-bond acceptors (Lipinski definition) is 7. The summed E-state index contributed by atoms with van der Waals surface area (Å²) in [5, 5.41) is 12.7. The summed E-state index contributed by atoms with van der Waals surface area (Å²) >= 11 is 0. The average Bonchev–Trinajstić information content (AvgIpc) is 3.72. The van der Waals surface area contributed by atoms with Gasteiger partial charge in [-0.15, -0.1) is 0 Å². The number of fused-ring (bicyclic) bond motifs is 3. The lowest BCUT2D eigenvalue weighted by atomic mass is 9.90. The Balaban J connectivity index is 0.972. The number of ether oxygens (including phenoxy) is 1. The normalized spacial score (nSPS) is 20.3. The quantitative estimate of drug-likeness (QED) is 0.217. The van der Waals surface area contributed by atoms with E-state index in [4.69, 9.17) is 14.7 Å². The summed E-state index contributed by atoms with van der Waals surface area (Å²) in [5.41, 5.74) is 4.11. The molecular formula is C38H47N6O3P. The number of aliphatic hydroxyl groups is 1. The molecule has 3 aliphatic heterocycles. The van der Waals surface area contributed by atoms with Gasteiger partial charge < -0.3 is 14.7 Å². The van der Waals surface area contributed by atoms with Gasteiger partial charge in [-0.2, -0.15) is 0 Å². The number of pyridine rings is 1. The van der Waals surface area contributed by atoms with E-state index >= 15 is 0 Å². The first kappa shape index (κ1) is 32.9. The summed E-state index contributed by atoms with van der Waals surface area (Å²) in [6.07, 6.45) is 7.32. The van der Waals surface area contributed by atoms with Crippen LogP contribution in [0.3, 0.4) is 0 Å². The first-order chi connectivity index (χ1) is 23.2. The third-order valence-corrected chi connectivity index (χ3v) is 12.0. The molecule has 48 heavy (non-hydrogen) atoms. The molecule has 3 aliphatic rings. The number of nitrogens with zero attached hydrogens (tertiary/aromatic N) is 6. The fourth-order valence-corrected chi connectivity index (χ4v) is 9.10. The van der Waals surface area contributed by atoms with Crippen molar-refractivity contribution < 1.29 is 14.6 Å². The Kier molecular flexibility index (Phi) is 9.40. The molecule has 2 aromatic heterocycles. The molecule has 2 aromatic carbocycles. The van der Waals surface area contributed by atoms with Gasteiger partial charge in [-0.3, -0.25) is 24.0 Å². The van der Waals surface area contributed by atoms with Gasteiger partial charge in [0.05, 0.1) is 29.9 Å². The highest BCUT2D eigenvalue weighted by Gasteiger charge is 2.35. The second-order valence-electron chi connectivity index (χ2n) is 14.1. The number of benzene rings is 2. The van der Waals surface area contributed by atoms with Crippen LogP contribution >= 0.6 is 8.58 Å². The first-order valence-corrected chi connectivity index (χ1v) is 18.4. The Hall–Kier alpha value is -3.62. The van der Waals surface area contributed by atoms with E-state index in [9.17, 15) is 9.90 Å². The maximum atomic E-state index is 13.3. The molecule has 2 saturated heterocycles. The minimum atomic E-state index is -0.766. The maximum absolute atomic E-state index is 13.3.